The summed E-state index contributed by atoms with van der Waals surface area (Å²) < 4.78 is 0. The normalized spacial score (nSPS) is 46.4. The van der Waals surface area contributed by atoms with Crippen LogP contribution in [0, 0.1) is 0 Å². The molecule has 0 aromatic rings. The molecule has 0 bridgehead atoms. The summed E-state index contributed by atoms with van der Waals surface area (Å²) in [7, 11) is 0. The van der Waals surface area contributed by atoms with E-state index in [4.69, 9.17) is 5.11 Å². The van der Waals surface area contributed by atoms with Crippen molar-refractivity contribution in [2.45, 2.75) is 43.6 Å². The fraction of sp³-hybridized carbons (Fsp3) is 1.00. The van der Waals surface area contributed by atoms with Crippen LogP contribution in [0.3, 0.4) is 0 Å². The van der Waals surface area contributed by atoms with Crippen molar-refractivity contribution < 1.29 is 15.3 Å². The zero-order valence-corrected chi connectivity index (χ0v) is 7.63. The van der Waals surface area contributed by atoms with E-state index in [0.717, 1.165) is 25.8 Å². The zero-order chi connectivity index (χ0) is 9.42. The Morgan fingerprint density at radius 1 is 1.15 bits per heavy atom. The van der Waals surface area contributed by atoms with Gasteiger partial charge >= 0.3 is 0 Å². The summed E-state index contributed by atoms with van der Waals surface area (Å²) in [5, 5.41) is 28.4. The molecular formula is C9H17NO3. The van der Waals surface area contributed by atoms with Gasteiger partial charge in [-0.1, -0.05) is 6.42 Å². The summed E-state index contributed by atoms with van der Waals surface area (Å²) in [5.74, 6) is 0. The average Bonchev–Trinajstić information content (AvgIpc) is 2.41. The first kappa shape index (κ1) is 9.40. The molecule has 2 aliphatic heterocycles. The number of rotatable bonds is 1. The number of fused-ring (bicyclic) bond motifs is 1. The molecule has 2 aliphatic rings. The van der Waals surface area contributed by atoms with Gasteiger partial charge in [-0.3, -0.25) is 4.90 Å². The van der Waals surface area contributed by atoms with Gasteiger partial charge in [0.25, 0.3) is 0 Å². The van der Waals surface area contributed by atoms with Gasteiger partial charge < -0.3 is 15.3 Å². The summed E-state index contributed by atoms with van der Waals surface area (Å²) in [5.41, 5.74) is 0. The van der Waals surface area contributed by atoms with E-state index < -0.39 is 12.2 Å². The summed E-state index contributed by atoms with van der Waals surface area (Å²) >= 11 is 0. The minimum atomic E-state index is -0.770. The molecular weight excluding hydrogens is 170 g/mol. The second-order valence-corrected chi connectivity index (χ2v) is 4.03. The van der Waals surface area contributed by atoms with Crippen molar-refractivity contribution in [3.8, 4) is 0 Å². The molecule has 13 heavy (non-hydrogen) atoms. The van der Waals surface area contributed by atoms with Gasteiger partial charge in [-0.05, 0) is 19.4 Å². The Balaban J connectivity index is 2.14. The highest BCUT2D eigenvalue weighted by molar-refractivity contribution is 5.01. The molecule has 0 aliphatic carbocycles. The molecule has 76 valence electrons. The van der Waals surface area contributed by atoms with Crippen molar-refractivity contribution in [2.75, 3.05) is 13.2 Å². The second-order valence-electron chi connectivity index (χ2n) is 4.03. The molecule has 0 amide bonds. The summed E-state index contributed by atoms with van der Waals surface area (Å²) in [4.78, 5) is 2.05. The quantitative estimate of drug-likeness (QED) is 0.489. The van der Waals surface area contributed by atoms with Gasteiger partial charge in [0.2, 0.25) is 0 Å². The van der Waals surface area contributed by atoms with Crippen LogP contribution in [0.15, 0.2) is 0 Å². The minimum Gasteiger partial charge on any atom is -0.395 e. The Morgan fingerprint density at radius 2 is 1.92 bits per heavy atom. The van der Waals surface area contributed by atoms with Gasteiger partial charge in [-0.25, -0.2) is 0 Å². The number of aliphatic hydroxyl groups excluding tert-OH is 3. The van der Waals surface area contributed by atoms with Crippen LogP contribution in [0.2, 0.25) is 0 Å². The predicted molar refractivity (Wildman–Crippen MR) is 47.2 cm³/mol. The van der Waals surface area contributed by atoms with Gasteiger partial charge in [-0.15, -0.1) is 0 Å². The van der Waals surface area contributed by atoms with Crippen molar-refractivity contribution in [2.24, 2.45) is 0 Å². The van der Waals surface area contributed by atoms with Crippen molar-refractivity contribution in [3.63, 3.8) is 0 Å². The maximum absolute atomic E-state index is 9.69. The summed E-state index contributed by atoms with van der Waals surface area (Å²) in [6.45, 7) is 0.832. The highest BCUT2D eigenvalue weighted by Gasteiger charge is 2.47. The maximum atomic E-state index is 9.69. The van der Waals surface area contributed by atoms with Crippen LogP contribution in [-0.2, 0) is 0 Å². The van der Waals surface area contributed by atoms with Crippen molar-refractivity contribution >= 4 is 0 Å². The molecule has 4 heteroatoms. The number of nitrogens with zero attached hydrogens (tertiary/aromatic N) is 1. The van der Waals surface area contributed by atoms with Crippen LogP contribution in [0.4, 0.5) is 0 Å². The highest BCUT2D eigenvalue weighted by atomic mass is 16.3. The topological polar surface area (TPSA) is 63.9 Å². The van der Waals surface area contributed by atoms with Crippen molar-refractivity contribution in [3.05, 3.63) is 0 Å². The zero-order valence-electron chi connectivity index (χ0n) is 7.63. The van der Waals surface area contributed by atoms with Crippen LogP contribution >= 0.6 is 0 Å². The molecule has 2 heterocycles. The fourth-order valence-corrected chi connectivity index (χ4v) is 2.62. The maximum Gasteiger partial charge on any atom is 0.0991 e. The molecule has 2 saturated heterocycles. The van der Waals surface area contributed by atoms with Crippen LogP contribution in [0.1, 0.15) is 19.3 Å². The monoisotopic (exact) mass is 187 g/mol. The Hall–Kier alpha value is -0.160. The van der Waals surface area contributed by atoms with Crippen LogP contribution in [-0.4, -0.2) is 57.7 Å². The lowest BCUT2D eigenvalue weighted by atomic mass is 10.0. The lowest BCUT2D eigenvalue weighted by Gasteiger charge is -2.33. The van der Waals surface area contributed by atoms with Crippen LogP contribution < -0.4 is 0 Å². The van der Waals surface area contributed by atoms with E-state index in [0.29, 0.717) is 0 Å². The second kappa shape index (κ2) is 3.53. The van der Waals surface area contributed by atoms with Crippen molar-refractivity contribution in [1.29, 1.82) is 0 Å². The molecule has 2 fully saturated rings. The first-order chi connectivity index (χ1) is 6.25. The number of aliphatic hydroxyl groups is 3. The largest absolute Gasteiger partial charge is 0.395 e. The van der Waals surface area contributed by atoms with E-state index >= 15 is 0 Å². The van der Waals surface area contributed by atoms with Gasteiger partial charge in [0.15, 0.2) is 0 Å². The van der Waals surface area contributed by atoms with E-state index in [9.17, 15) is 10.2 Å². The molecule has 0 aromatic carbocycles. The molecule has 0 saturated carbocycles. The predicted octanol–water partition coefficient (Wildman–Crippen LogP) is -1.06. The highest BCUT2D eigenvalue weighted by Crippen LogP contribution is 2.31. The van der Waals surface area contributed by atoms with Gasteiger partial charge in [-0.2, -0.15) is 0 Å². The molecule has 0 aromatic heterocycles. The lowest BCUT2D eigenvalue weighted by molar-refractivity contribution is 0.0183. The first-order valence-electron chi connectivity index (χ1n) is 4.98. The Labute approximate surface area is 77.8 Å². The third-order valence-corrected chi connectivity index (χ3v) is 3.34. The number of hydrogen-bond donors (Lipinski definition) is 3. The van der Waals surface area contributed by atoms with E-state index in [-0.39, 0.29) is 18.7 Å². The Morgan fingerprint density at radius 3 is 2.62 bits per heavy atom. The van der Waals surface area contributed by atoms with E-state index in [1.54, 1.807) is 0 Å². The van der Waals surface area contributed by atoms with Gasteiger partial charge in [0, 0.05) is 6.04 Å². The van der Waals surface area contributed by atoms with E-state index in [1.165, 1.54) is 0 Å². The smallest absolute Gasteiger partial charge is 0.0991 e. The lowest BCUT2D eigenvalue weighted by Crippen LogP contribution is -2.44. The summed E-state index contributed by atoms with van der Waals surface area (Å²) in [6.07, 6.45) is 1.72. The molecule has 2 rings (SSSR count). The van der Waals surface area contributed by atoms with Gasteiger partial charge in [0.05, 0.1) is 24.9 Å². The average molecular weight is 187 g/mol. The minimum absolute atomic E-state index is 0.0608. The Bertz CT molecular complexity index is 178. The third kappa shape index (κ3) is 1.38. The molecule has 0 radical (unpaired) electrons. The molecule has 0 spiro atoms. The van der Waals surface area contributed by atoms with Gasteiger partial charge in [0.1, 0.15) is 0 Å². The molecule has 3 N–H and O–H groups in total. The first-order valence-corrected chi connectivity index (χ1v) is 4.98. The summed E-state index contributed by atoms with van der Waals surface area (Å²) in [6, 6.07) is -0.179. The standard InChI is InChI=1S/C9H17NO3/c11-5-7-9(13)8(12)6-3-1-2-4-10(6)7/h6-9,11-13H,1-5H2/t6-,7-,8-,9-/m0/s1. The molecule has 0 unspecified atom stereocenters. The number of hydrogen-bond acceptors (Lipinski definition) is 4. The third-order valence-electron chi connectivity index (χ3n) is 3.34. The Kier molecular flexibility index (Phi) is 2.55. The fourth-order valence-electron chi connectivity index (χ4n) is 2.62. The van der Waals surface area contributed by atoms with Crippen LogP contribution in [0.25, 0.3) is 0 Å². The van der Waals surface area contributed by atoms with Crippen molar-refractivity contribution in [1.82, 2.24) is 4.90 Å². The van der Waals surface area contributed by atoms with E-state index in [1.807, 2.05) is 0 Å². The van der Waals surface area contributed by atoms with E-state index in [2.05, 4.69) is 4.90 Å². The molecule has 4 atom stereocenters. The molecule has 4 nitrogen and oxygen atoms in total. The SMILES string of the molecule is OC[C@H]1[C@H](O)[C@@H](O)[C@@H]2CCCCN12. The number of piperidine rings is 1. The van der Waals surface area contributed by atoms with Crippen LogP contribution in [0.5, 0.6) is 0 Å².